The molecule has 6 heteroatoms. The summed E-state index contributed by atoms with van der Waals surface area (Å²) in [5, 5.41) is 0. The summed E-state index contributed by atoms with van der Waals surface area (Å²) in [5.74, 6) is -0.921. The fourth-order valence-electron chi connectivity index (χ4n) is 0.738. The molecular formula is C7H13F3O2S. The maximum absolute atomic E-state index is 11.6. The van der Waals surface area contributed by atoms with E-state index in [2.05, 4.69) is 0 Å². The third-order valence-electron chi connectivity index (χ3n) is 1.51. The van der Waals surface area contributed by atoms with Crippen LogP contribution in [0.15, 0.2) is 0 Å². The van der Waals surface area contributed by atoms with Crippen molar-refractivity contribution < 1.29 is 21.6 Å². The summed E-state index contributed by atoms with van der Waals surface area (Å²) >= 11 is 0. The lowest BCUT2D eigenvalue weighted by Gasteiger charge is -2.06. The van der Waals surface area contributed by atoms with Crippen LogP contribution in [-0.4, -0.2) is 26.1 Å². The van der Waals surface area contributed by atoms with Gasteiger partial charge in [-0.05, 0) is 6.42 Å². The molecule has 0 aliphatic carbocycles. The summed E-state index contributed by atoms with van der Waals surface area (Å²) in [6.45, 7) is 1.79. The van der Waals surface area contributed by atoms with Crippen molar-refractivity contribution in [2.75, 3.05) is 11.5 Å². The van der Waals surface area contributed by atoms with E-state index in [0.29, 0.717) is 12.8 Å². The van der Waals surface area contributed by atoms with Gasteiger partial charge in [-0.25, -0.2) is 8.42 Å². The second-order valence-electron chi connectivity index (χ2n) is 2.87. The Bertz CT molecular complexity index is 231. The van der Waals surface area contributed by atoms with Crippen LogP contribution in [0.4, 0.5) is 13.2 Å². The SMILES string of the molecule is CCCCS(=O)(=O)CCC(F)(F)F. The van der Waals surface area contributed by atoms with Crippen molar-refractivity contribution >= 4 is 9.84 Å². The molecule has 0 aliphatic rings. The van der Waals surface area contributed by atoms with E-state index in [1.165, 1.54) is 0 Å². The minimum absolute atomic E-state index is 0.139. The molecular weight excluding hydrogens is 205 g/mol. The van der Waals surface area contributed by atoms with Crippen molar-refractivity contribution in [1.29, 1.82) is 0 Å². The lowest BCUT2D eigenvalue weighted by atomic mass is 10.4. The Morgan fingerprint density at radius 1 is 1.15 bits per heavy atom. The largest absolute Gasteiger partial charge is 0.390 e. The van der Waals surface area contributed by atoms with E-state index >= 15 is 0 Å². The lowest BCUT2D eigenvalue weighted by Crippen LogP contribution is -2.18. The quantitative estimate of drug-likeness (QED) is 0.708. The van der Waals surface area contributed by atoms with E-state index in [1.807, 2.05) is 0 Å². The van der Waals surface area contributed by atoms with Gasteiger partial charge in [0.15, 0.2) is 9.84 Å². The van der Waals surface area contributed by atoms with E-state index in [-0.39, 0.29) is 5.75 Å². The molecule has 0 saturated heterocycles. The molecule has 0 amide bonds. The standard InChI is InChI=1S/C7H13F3O2S/c1-2-3-5-13(11,12)6-4-7(8,9)10/h2-6H2,1H3. The monoisotopic (exact) mass is 218 g/mol. The van der Waals surface area contributed by atoms with E-state index in [9.17, 15) is 21.6 Å². The van der Waals surface area contributed by atoms with Gasteiger partial charge in [-0.3, -0.25) is 0 Å². The Hall–Kier alpha value is -0.260. The highest BCUT2D eigenvalue weighted by Crippen LogP contribution is 2.20. The molecule has 0 spiro atoms. The highest BCUT2D eigenvalue weighted by molar-refractivity contribution is 7.91. The lowest BCUT2D eigenvalue weighted by molar-refractivity contribution is -0.129. The molecule has 0 heterocycles. The summed E-state index contributed by atoms with van der Waals surface area (Å²) in [5.41, 5.74) is 0. The van der Waals surface area contributed by atoms with Crippen LogP contribution in [0, 0.1) is 0 Å². The minimum Gasteiger partial charge on any atom is -0.229 e. The number of halogens is 3. The molecule has 0 N–H and O–H groups in total. The van der Waals surface area contributed by atoms with Crippen LogP contribution in [0.2, 0.25) is 0 Å². The van der Waals surface area contributed by atoms with E-state index in [1.54, 1.807) is 6.92 Å². The first-order valence-corrected chi connectivity index (χ1v) is 5.86. The van der Waals surface area contributed by atoms with Gasteiger partial charge >= 0.3 is 6.18 Å². The summed E-state index contributed by atoms with van der Waals surface area (Å²) in [4.78, 5) is 0. The van der Waals surface area contributed by atoms with Gasteiger partial charge in [0.05, 0.1) is 17.9 Å². The fourth-order valence-corrected chi connectivity index (χ4v) is 2.21. The van der Waals surface area contributed by atoms with E-state index < -0.39 is 28.2 Å². The van der Waals surface area contributed by atoms with Crippen molar-refractivity contribution in [2.24, 2.45) is 0 Å². The zero-order valence-corrected chi connectivity index (χ0v) is 8.21. The molecule has 80 valence electrons. The predicted molar refractivity (Wildman–Crippen MR) is 44.2 cm³/mol. The molecule has 0 unspecified atom stereocenters. The van der Waals surface area contributed by atoms with Gasteiger partial charge in [-0.1, -0.05) is 13.3 Å². The number of unbranched alkanes of at least 4 members (excludes halogenated alkanes) is 1. The Balaban J connectivity index is 3.91. The maximum atomic E-state index is 11.6. The zero-order valence-electron chi connectivity index (χ0n) is 7.39. The maximum Gasteiger partial charge on any atom is 0.390 e. The number of alkyl halides is 3. The average Bonchev–Trinajstić information content (AvgIpc) is 1.97. The molecule has 0 aromatic rings. The Kier molecular flexibility index (Phi) is 4.74. The second kappa shape index (κ2) is 4.83. The Morgan fingerprint density at radius 2 is 1.69 bits per heavy atom. The summed E-state index contributed by atoms with van der Waals surface area (Å²) in [6, 6.07) is 0. The van der Waals surface area contributed by atoms with Crippen molar-refractivity contribution in [3.8, 4) is 0 Å². The zero-order chi connectivity index (χ0) is 10.5. The number of hydrogen-bond donors (Lipinski definition) is 0. The number of sulfone groups is 1. The minimum atomic E-state index is -4.38. The highest BCUT2D eigenvalue weighted by atomic mass is 32.2. The molecule has 0 bridgehead atoms. The molecule has 0 aromatic carbocycles. The van der Waals surface area contributed by atoms with Crippen LogP contribution in [0.3, 0.4) is 0 Å². The first-order valence-electron chi connectivity index (χ1n) is 4.04. The fraction of sp³-hybridized carbons (Fsp3) is 1.00. The molecule has 0 fully saturated rings. The molecule has 13 heavy (non-hydrogen) atoms. The van der Waals surface area contributed by atoms with Crippen LogP contribution in [-0.2, 0) is 9.84 Å². The first kappa shape index (κ1) is 12.7. The van der Waals surface area contributed by atoms with Gasteiger partial charge in [-0.15, -0.1) is 0 Å². The summed E-state index contributed by atoms with van der Waals surface area (Å²) in [7, 11) is -3.50. The number of hydrogen-bond acceptors (Lipinski definition) is 2. The van der Waals surface area contributed by atoms with Crippen LogP contribution >= 0.6 is 0 Å². The highest BCUT2D eigenvalue weighted by Gasteiger charge is 2.29. The van der Waals surface area contributed by atoms with Crippen molar-refractivity contribution in [3.05, 3.63) is 0 Å². The van der Waals surface area contributed by atoms with Crippen molar-refractivity contribution in [1.82, 2.24) is 0 Å². The second-order valence-corrected chi connectivity index (χ2v) is 5.17. The van der Waals surface area contributed by atoms with Gasteiger partial charge < -0.3 is 0 Å². The third kappa shape index (κ3) is 8.08. The topological polar surface area (TPSA) is 34.1 Å². The Morgan fingerprint density at radius 3 is 2.08 bits per heavy atom. The molecule has 0 saturated carbocycles. The third-order valence-corrected chi connectivity index (χ3v) is 3.24. The van der Waals surface area contributed by atoms with Gasteiger partial charge in [0, 0.05) is 0 Å². The van der Waals surface area contributed by atoms with Crippen LogP contribution in [0.1, 0.15) is 26.2 Å². The van der Waals surface area contributed by atoms with Crippen molar-refractivity contribution in [2.45, 2.75) is 32.4 Å². The molecule has 2 nitrogen and oxygen atoms in total. The predicted octanol–water partition coefficient (Wildman–Crippen LogP) is 2.15. The van der Waals surface area contributed by atoms with Gasteiger partial charge in [-0.2, -0.15) is 13.2 Å². The normalized spacial score (nSPS) is 13.2. The molecule has 0 radical (unpaired) electrons. The summed E-state index contributed by atoms with van der Waals surface area (Å²) < 4.78 is 56.8. The smallest absolute Gasteiger partial charge is 0.229 e. The molecule has 0 atom stereocenters. The van der Waals surface area contributed by atoms with Gasteiger partial charge in [0.2, 0.25) is 0 Å². The van der Waals surface area contributed by atoms with Crippen molar-refractivity contribution in [3.63, 3.8) is 0 Å². The van der Waals surface area contributed by atoms with E-state index in [0.717, 1.165) is 0 Å². The van der Waals surface area contributed by atoms with Gasteiger partial charge in [0.25, 0.3) is 0 Å². The first-order chi connectivity index (χ1) is 5.77. The average molecular weight is 218 g/mol. The van der Waals surface area contributed by atoms with E-state index in [4.69, 9.17) is 0 Å². The van der Waals surface area contributed by atoms with Crippen LogP contribution in [0.25, 0.3) is 0 Å². The summed E-state index contributed by atoms with van der Waals surface area (Å²) in [6.07, 6.45) is -4.51. The van der Waals surface area contributed by atoms with Gasteiger partial charge in [0.1, 0.15) is 0 Å². The molecule has 0 aliphatic heterocycles. The Labute approximate surface area is 76.1 Å². The number of rotatable bonds is 5. The molecule has 0 rings (SSSR count). The van der Waals surface area contributed by atoms with Crippen LogP contribution < -0.4 is 0 Å². The molecule has 0 aromatic heterocycles. The van der Waals surface area contributed by atoms with Crippen LogP contribution in [0.5, 0.6) is 0 Å².